The first-order valence-electron chi connectivity index (χ1n) is 6.50. The fourth-order valence-corrected chi connectivity index (χ4v) is 1.99. The lowest BCUT2D eigenvalue weighted by Crippen LogP contribution is -2.24. The topological polar surface area (TPSA) is 77.6 Å². The Kier molecular flexibility index (Phi) is 3.26. The maximum Gasteiger partial charge on any atom is 0.293 e. The average molecular weight is 260 g/mol. The molecule has 0 aromatic carbocycles. The molecule has 0 radical (unpaired) electrons. The second-order valence-corrected chi connectivity index (χ2v) is 4.67. The summed E-state index contributed by atoms with van der Waals surface area (Å²) in [6.07, 6.45) is 9.97. The van der Waals surface area contributed by atoms with Gasteiger partial charge < -0.3 is 9.88 Å². The highest BCUT2D eigenvalue weighted by Crippen LogP contribution is 2.33. The zero-order chi connectivity index (χ0) is 13.1. The summed E-state index contributed by atoms with van der Waals surface area (Å²) in [6.45, 7) is 1.47. The van der Waals surface area contributed by atoms with Crippen LogP contribution in [0, 0.1) is 0 Å². The van der Waals surface area contributed by atoms with E-state index in [2.05, 4.69) is 20.6 Å². The fraction of sp³-hybridized carbons (Fsp3) is 0.500. The molecular formula is C12H16N6O. The van der Waals surface area contributed by atoms with Gasteiger partial charge in [0.25, 0.3) is 5.56 Å². The van der Waals surface area contributed by atoms with Crippen LogP contribution < -0.4 is 10.9 Å². The number of rotatable bonds is 6. The van der Waals surface area contributed by atoms with Crippen molar-refractivity contribution in [3.8, 4) is 0 Å². The van der Waals surface area contributed by atoms with Gasteiger partial charge in [0, 0.05) is 37.7 Å². The lowest BCUT2D eigenvalue weighted by molar-refractivity contribution is 0.569. The van der Waals surface area contributed by atoms with Crippen molar-refractivity contribution in [2.45, 2.75) is 31.8 Å². The van der Waals surface area contributed by atoms with Crippen LogP contribution in [-0.2, 0) is 6.54 Å². The largest absolute Gasteiger partial charge is 0.365 e. The summed E-state index contributed by atoms with van der Waals surface area (Å²) >= 11 is 0. The Balaban J connectivity index is 1.55. The van der Waals surface area contributed by atoms with Crippen molar-refractivity contribution in [3.05, 3.63) is 35.1 Å². The first-order valence-corrected chi connectivity index (χ1v) is 6.50. The van der Waals surface area contributed by atoms with Gasteiger partial charge >= 0.3 is 0 Å². The fourth-order valence-electron chi connectivity index (χ4n) is 1.99. The predicted molar refractivity (Wildman–Crippen MR) is 69.9 cm³/mol. The molecule has 1 saturated carbocycles. The summed E-state index contributed by atoms with van der Waals surface area (Å²) in [5.74, 6) is 0.438. The lowest BCUT2D eigenvalue weighted by atomic mass is 10.4. The molecule has 19 heavy (non-hydrogen) atoms. The Hall–Kier alpha value is -2.18. The summed E-state index contributed by atoms with van der Waals surface area (Å²) in [7, 11) is 0. The van der Waals surface area contributed by atoms with Crippen molar-refractivity contribution in [1.82, 2.24) is 24.5 Å². The number of nitrogens with zero attached hydrogens (tertiary/aromatic N) is 5. The number of aryl methyl sites for hydroxylation is 1. The third-order valence-corrected chi connectivity index (χ3v) is 3.14. The summed E-state index contributed by atoms with van der Waals surface area (Å²) in [5, 5.41) is 10.7. The minimum Gasteiger partial charge on any atom is -0.365 e. The molecule has 3 rings (SSSR count). The molecule has 0 bridgehead atoms. The van der Waals surface area contributed by atoms with Crippen LogP contribution in [0.1, 0.15) is 25.3 Å². The van der Waals surface area contributed by atoms with Gasteiger partial charge in [-0.25, -0.2) is 4.98 Å². The molecule has 0 unspecified atom stereocenters. The highest BCUT2D eigenvalue weighted by molar-refractivity contribution is 5.30. The number of aromatic nitrogens is 5. The van der Waals surface area contributed by atoms with Gasteiger partial charge in [0.05, 0.1) is 6.20 Å². The highest BCUT2D eigenvalue weighted by atomic mass is 16.1. The van der Waals surface area contributed by atoms with Crippen molar-refractivity contribution in [1.29, 1.82) is 0 Å². The maximum absolute atomic E-state index is 12.1. The number of nitrogens with one attached hydrogen (secondary N) is 1. The summed E-state index contributed by atoms with van der Waals surface area (Å²) in [4.78, 5) is 16.2. The van der Waals surface area contributed by atoms with Crippen LogP contribution in [0.5, 0.6) is 0 Å². The standard InChI is InChI=1S/C12H16N6O/c19-12-11(14-5-9-18(12)10-2-3-10)13-4-1-7-17-8-6-15-16-17/h5-6,8-10H,1-4,7H2,(H,13,14). The van der Waals surface area contributed by atoms with E-state index in [1.165, 1.54) is 0 Å². The highest BCUT2D eigenvalue weighted by Gasteiger charge is 2.25. The SMILES string of the molecule is O=c1c(NCCCn2ccnn2)nccn1C1CC1. The lowest BCUT2D eigenvalue weighted by Gasteiger charge is -2.07. The van der Waals surface area contributed by atoms with Crippen molar-refractivity contribution >= 4 is 5.82 Å². The van der Waals surface area contributed by atoms with Gasteiger partial charge in [-0.05, 0) is 19.3 Å². The molecule has 2 heterocycles. The van der Waals surface area contributed by atoms with Crippen LogP contribution in [0.25, 0.3) is 0 Å². The third-order valence-electron chi connectivity index (χ3n) is 3.14. The monoisotopic (exact) mass is 260 g/mol. The second-order valence-electron chi connectivity index (χ2n) is 4.67. The van der Waals surface area contributed by atoms with E-state index in [4.69, 9.17) is 0 Å². The maximum atomic E-state index is 12.1. The number of hydrogen-bond acceptors (Lipinski definition) is 5. The van der Waals surface area contributed by atoms with Crippen molar-refractivity contribution in [2.75, 3.05) is 11.9 Å². The molecule has 1 N–H and O–H groups in total. The van der Waals surface area contributed by atoms with Crippen LogP contribution in [0.3, 0.4) is 0 Å². The first kappa shape index (κ1) is 11.9. The quantitative estimate of drug-likeness (QED) is 0.772. The molecule has 1 aliphatic rings. The second kappa shape index (κ2) is 5.21. The number of anilines is 1. The molecular weight excluding hydrogens is 244 g/mol. The molecule has 7 nitrogen and oxygen atoms in total. The van der Waals surface area contributed by atoms with E-state index < -0.39 is 0 Å². The van der Waals surface area contributed by atoms with E-state index in [9.17, 15) is 4.79 Å². The van der Waals surface area contributed by atoms with E-state index in [-0.39, 0.29) is 5.56 Å². The minimum atomic E-state index is -0.0224. The van der Waals surface area contributed by atoms with Crippen LogP contribution in [-0.4, -0.2) is 31.1 Å². The van der Waals surface area contributed by atoms with Gasteiger partial charge in [-0.1, -0.05) is 5.21 Å². The van der Waals surface area contributed by atoms with Gasteiger partial charge in [-0.2, -0.15) is 0 Å². The minimum absolute atomic E-state index is 0.0224. The Morgan fingerprint density at radius 1 is 1.32 bits per heavy atom. The van der Waals surface area contributed by atoms with E-state index in [0.717, 1.165) is 25.8 Å². The molecule has 100 valence electrons. The smallest absolute Gasteiger partial charge is 0.293 e. The van der Waals surface area contributed by atoms with Gasteiger partial charge in [0.1, 0.15) is 0 Å². The summed E-state index contributed by atoms with van der Waals surface area (Å²) < 4.78 is 3.54. The molecule has 0 spiro atoms. The Labute approximate surface area is 110 Å². The van der Waals surface area contributed by atoms with E-state index in [0.29, 0.717) is 18.4 Å². The van der Waals surface area contributed by atoms with Crippen LogP contribution in [0.2, 0.25) is 0 Å². The zero-order valence-electron chi connectivity index (χ0n) is 10.6. The molecule has 0 saturated heterocycles. The molecule has 7 heteroatoms. The van der Waals surface area contributed by atoms with Gasteiger partial charge in [0.15, 0.2) is 5.82 Å². The van der Waals surface area contributed by atoms with Gasteiger partial charge in [0.2, 0.25) is 0 Å². The van der Waals surface area contributed by atoms with Gasteiger partial charge in [-0.3, -0.25) is 9.48 Å². The molecule has 1 fully saturated rings. The number of hydrogen-bond donors (Lipinski definition) is 1. The van der Waals surface area contributed by atoms with Crippen molar-refractivity contribution < 1.29 is 0 Å². The van der Waals surface area contributed by atoms with Crippen LogP contribution in [0.15, 0.2) is 29.6 Å². The molecule has 0 atom stereocenters. The first-order chi connectivity index (χ1) is 9.34. The van der Waals surface area contributed by atoms with E-state index in [1.807, 2.05) is 6.20 Å². The Bertz CT molecular complexity index is 587. The van der Waals surface area contributed by atoms with Gasteiger partial charge in [-0.15, -0.1) is 5.10 Å². The van der Waals surface area contributed by atoms with E-state index >= 15 is 0 Å². The Morgan fingerprint density at radius 3 is 2.95 bits per heavy atom. The predicted octanol–water partition coefficient (Wildman–Crippen LogP) is 0.672. The molecule has 1 aliphatic carbocycles. The van der Waals surface area contributed by atoms with Crippen LogP contribution in [0.4, 0.5) is 5.82 Å². The van der Waals surface area contributed by atoms with Crippen LogP contribution >= 0.6 is 0 Å². The molecule has 2 aromatic rings. The van der Waals surface area contributed by atoms with Crippen molar-refractivity contribution in [3.63, 3.8) is 0 Å². The van der Waals surface area contributed by atoms with E-state index in [1.54, 1.807) is 27.8 Å². The van der Waals surface area contributed by atoms with Crippen molar-refractivity contribution in [2.24, 2.45) is 0 Å². The Morgan fingerprint density at radius 2 is 2.21 bits per heavy atom. The molecule has 0 aliphatic heterocycles. The summed E-state index contributed by atoms with van der Waals surface area (Å²) in [5.41, 5.74) is -0.0224. The molecule has 2 aromatic heterocycles. The molecule has 0 amide bonds. The third kappa shape index (κ3) is 2.81. The normalized spacial score (nSPS) is 14.5. The summed E-state index contributed by atoms with van der Waals surface area (Å²) in [6, 6.07) is 0.381. The zero-order valence-corrected chi connectivity index (χ0v) is 10.6. The average Bonchev–Trinajstić information content (AvgIpc) is 3.13.